The first-order chi connectivity index (χ1) is 9.11. The molecule has 1 aliphatic rings. The van der Waals surface area contributed by atoms with E-state index < -0.39 is 11.9 Å². The van der Waals surface area contributed by atoms with Gasteiger partial charge in [0.05, 0.1) is 6.10 Å². The smallest absolute Gasteiger partial charge is 0.164 e. The monoisotopic (exact) mass is 262 g/mol. The number of hydrogen-bond acceptors (Lipinski definition) is 3. The number of unbranched alkanes of at least 4 members (excludes halogenated alkanes) is 1. The van der Waals surface area contributed by atoms with Crippen LogP contribution in [0.1, 0.15) is 38.7 Å². The Labute approximate surface area is 114 Å². The summed E-state index contributed by atoms with van der Waals surface area (Å²) in [6.07, 6.45) is 4.45. The van der Waals surface area contributed by atoms with Crippen LogP contribution in [0.3, 0.4) is 0 Å². The summed E-state index contributed by atoms with van der Waals surface area (Å²) >= 11 is 0. The molecule has 0 unspecified atom stereocenters. The van der Waals surface area contributed by atoms with Crippen LogP contribution < -0.4 is 0 Å². The predicted molar refractivity (Wildman–Crippen MR) is 73.9 cm³/mol. The van der Waals surface area contributed by atoms with Crippen molar-refractivity contribution in [3.63, 3.8) is 0 Å². The van der Waals surface area contributed by atoms with Crippen LogP contribution >= 0.6 is 0 Å². The largest absolute Gasteiger partial charge is 0.344 e. The lowest BCUT2D eigenvalue weighted by Crippen LogP contribution is -2.23. The van der Waals surface area contributed by atoms with Crippen molar-refractivity contribution < 1.29 is 14.3 Å². The first-order valence-electron chi connectivity index (χ1n) is 6.95. The molecule has 0 aromatic heterocycles. The average Bonchev–Trinajstić information content (AvgIpc) is 2.70. The number of benzene rings is 1. The molecule has 1 aromatic rings. The van der Waals surface area contributed by atoms with E-state index in [1.807, 2.05) is 19.9 Å². The van der Waals surface area contributed by atoms with Gasteiger partial charge in [-0.1, -0.05) is 36.8 Å². The van der Waals surface area contributed by atoms with Gasteiger partial charge in [0.25, 0.3) is 0 Å². The highest BCUT2D eigenvalue weighted by atomic mass is 16.8. The molecule has 1 saturated heterocycles. The average molecular weight is 262 g/mol. The highest BCUT2D eigenvalue weighted by molar-refractivity contribution is 5.57. The summed E-state index contributed by atoms with van der Waals surface area (Å²) in [6, 6.07) is 10.4. The first kappa shape index (κ1) is 14.2. The van der Waals surface area contributed by atoms with Gasteiger partial charge in [-0.2, -0.15) is 0 Å². The van der Waals surface area contributed by atoms with E-state index in [0.29, 0.717) is 0 Å². The lowest BCUT2D eigenvalue weighted by molar-refractivity contribution is -0.150. The Morgan fingerprint density at radius 2 is 1.89 bits per heavy atom. The molecule has 0 N–H and O–H groups in total. The Morgan fingerprint density at radius 3 is 2.58 bits per heavy atom. The van der Waals surface area contributed by atoms with Crippen LogP contribution in [-0.2, 0) is 20.7 Å². The van der Waals surface area contributed by atoms with Gasteiger partial charge >= 0.3 is 0 Å². The minimum atomic E-state index is -0.629. The Balaban J connectivity index is 1.72. The van der Waals surface area contributed by atoms with Crippen molar-refractivity contribution in [1.29, 1.82) is 0 Å². The third kappa shape index (κ3) is 4.15. The van der Waals surface area contributed by atoms with Crippen LogP contribution in [0.25, 0.3) is 0 Å². The summed E-state index contributed by atoms with van der Waals surface area (Å²) in [7, 11) is 0. The van der Waals surface area contributed by atoms with E-state index in [1.165, 1.54) is 5.56 Å². The highest BCUT2D eigenvalue weighted by Crippen LogP contribution is 2.29. The van der Waals surface area contributed by atoms with Gasteiger partial charge in [0.2, 0.25) is 0 Å². The fourth-order valence-electron chi connectivity index (χ4n) is 2.52. The Kier molecular flexibility index (Phi) is 4.72. The van der Waals surface area contributed by atoms with Crippen LogP contribution in [0.4, 0.5) is 0 Å². The van der Waals surface area contributed by atoms with E-state index in [0.717, 1.165) is 32.0 Å². The summed E-state index contributed by atoms with van der Waals surface area (Å²) in [4.78, 5) is 11.0. The summed E-state index contributed by atoms with van der Waals surface area (Å²) in [6.45, 7) is 3.71. The van der Waals surface area contributed by atoms with E-state index in [-0.39, 0.29) is 6.10 Å². The third-order valence-corrected chi connectivity index (χ3v) is 3.40. The molecule has 1 fully saturated rings. The van der Waals surface area contributed by atoms with Gasteiger partial charge in [-0.05, 0) is 38.7 Å². The second-order valence-electron chi connectivity index (χ2n) is 5.51. The van der Waals surface area contributed by atoms with E-state index in [1.54, 1.807) is 0 Å². The van der Waals surface area contributed by atoms with Crippen molar-refractivity contribution in [2.45, 2.75) is 57.5 Å². The summed E-state index contributed by atoms with van der Waals surface area (Å²) < 4.78 is 11.3. The Morgan fingerprint density at radius 1 is 1.16 bits per heavy atom. The lowest BCUT2D eigenvalue weighted by atomic mass is 10.0. The number of aryl methyl sites for hydroxylation is 1. The van der Waals surface area contributed by atoms with Gasteiger partial charge in [0.1, 0.15) is 6.10 Å². The van der Waals surface area contributed by atoms with E-state index in [4.69, 9.17) is 9.47 Å². The van der Waals surface area contributed by atoms with Crippen molar-refractivity contribution in [1.82, 2.24) is 0 Å². The summed E-state index contributed by atoms with van der Waals surface area (Å²) in [5.41, 5.74) is 1.36. The number of carbonyl (C=O) groups is 1. The maximum absolute atomic E-state index is 11.0. The lowest BCUT2D eigenvalue weighted by Gasteiger charge is -2.16. The van der Waals surface area contributed by atoms with Gasteiger partial charge in [-0.15, -0.1) is 0 Å². The van der Waals surface area contributed by atoms with Gasteiger partial charge in [-0.3, -0.25) is 0 Å². The van der Waals surface area contributed by atoms with Crippen molar-refractivity contribution in [3.8, 4) is 0 Å². The van der Waals surface area contributed by atoms with Gasteiger partial charge in [0.15, 0.2) is 12.1 Å². The molecular formula is C16H22O3. The molecule has 0 bridgehead atoms. The Bertz CT molecular complexity index is 400. The Hall–Kier alpha value is -1.19. The standard InChI is InChI=1S/C16H22O3/c1-16(2)18-14(15(12-17)19-16)11-7-6-10-13-8-4-3-5-9-13/h3-5,8-9,12,14-15H,6-7,10-11H2,1-2H3/t14-,15-/m1/s1. The zero-order chi connectivity index (χ0) is 13.7. The number of hydrogen-bond donors (Lipinski definition) is 0. The number of aldehydes is 1. The normalized spacial score (nSPS) is 25.4. The predicted octanol–water partition coefficient (Wildman–Crippen LogP) is 3.12. The molecule has 1 aliphatic heterocycles. The number of rotatable bonds is 6. The molecule has 0 spiro atoms. The zero-order valence-corrected chi connectivity index (χ0v) is 11.7. The van der Waals surface area contributed by atoms with Crippen molar-refractivity contribution >= 4 is 6.29 Å². The zero-order valence-electron chi connectivity index (χ0n) is 11.7. The maximum atomic E-state index is 11.0. The maximum Gasteiger partial charge on any atom is 0.164 e. The topological polar surface area (TPSA) is 35.5 Å². The first-order valence-corrected chi connectivity index (χ1v) is 6.95. The van der Waals surface area contributed by atoms with Crippen molar-refractivity contribution in [2.75, 3.05) is 0 Å². The quantitative estimate of drug-likeness (QED) is 0.583. The third-order valence-electron chi connectivity index (χ3n) is 3.40. The molecule has 0 saturated carbocycles. The molecule has 2 rings (SSSR count). The fraction of sp³-hybridized carbons (Fsp3) is 0.562. The summed E-state index contributed by atoms with van der Waals surface area (Å²) in [5, 5.41) is 0. The molecule has 0 amide bonds. The minimum absolute atomic E-state index is 0.0942. The molecule has 104 valence electrons. The van der Waals surface area contributed by atoms with Gasteiger partial charge in [-0.25, -0.2) is 0 Å². The SMILES string of the molecule is CC1(C)O[C@H](C=O)[C@@H](CCCCc2ccccc2)O1. The molecule has 3 heteroatoms. The molecule has 1 aromatic carbocycles. The van der Waals surface area contributed by atoms with Crippen LogP contribution in [-0.4, -0.2) is 24.3 Å². The number of carbonyl (C=O) groups excluding carboxylic acids is 1. The molecule has 3 nitrogen and oxygen atoms in total. The second-order valence-corrected chi connectivity index (χ2v) is 5.51. The van der Waals surface area contributed by atoms with Crippen molar-refractivity contribution in [2.24, 2.45) is 0 Å². The minimum Gasteiger partial charge on any atom is -0.344 e. The molecule has 2 atom stereocenters. The molecule has 1 heterocycles. The molecular weight excluding hydrogens is 240 g/mol. The van der Waals surface area contributed by atoms with Gasteiger partial charge in [0, 0.05) is 0 Å². The fourth-order valence-corrected chi connectivity index (χ4v) is 2.52. The van der Waals surface area contributed by atoms with Crippen LogP contribution in [0.5, 0.6) is 0 Å². The molecule has 0 radical (unpaired) electrons. The molecule has 19 heavy (non-hydrogen) atoms. The summed E-state index contributed by atoms with van der Waals surface area (Å²) in [5.74, 6) is -0.629. The van der Waals surface area contributed by atoms with Crippen LogP contribution in [0, 0.1) is 0 Å². The van der Waals surface area contributed by atoms with Crippen LogP contribution in [0.2, 0.25) is 0 Å². The highest BCUT2D eigenvalue weighted by Gasteiger charge is 2.40. The van der Waals surface area contributed by atoms with Crippen molar-refractivity contribution in [3.05, 3.63) is 35.9 Å². The van der Waals surface area contributed by atoms with Crippen LogP contribution in [0.15, 0.2) is 30.3 Å². The van der Waals surface area contributed by atoms with E-state index in [2.05, 4.69) is 24.3 Å². The van der Waals surface area contributed by atoms with E-state index in [9.17, 15) is 4.79 Å². The number of ether oxygens (including phenoxy) is 2. The van der Waals surface area contributed by atoms with Gasteiger partial charge < -0.3 is 14.3 Å². The van der Waals surface area contributed by atoms with E-state index >= 15 is 0 Å². The second kappa shape index (κ2) is 6.31. The molecule has 0 aliphatic carbocycles.